The standard InChI is InChI=1S/C10H10O2.C3H6/c1-2-8-12-10(11)9-6-4-3-5-7-9;1-3-2/h2-7H,1,8H2;3H,1H2,2H3. The third kappa shape index (κ3) is 6.27. The molecule has 0 aliphatic carbocycles. The largest absolute Gasteiger partial charge is 0.458 e. The van der Waals surface area contributed by atoms with E-state index in [1.807, 2.05) is 13.0 Å². The molecule has 0 saturated carbocycles. The van der Waals surface area contributed by atoms with Crippen LogP contribution in [-0.2, 0) is 4.74 Å². The first-order chi connectivity index (χ1) is 7.26. The van der Waals surface area contributed by atoms with Crippen molar-refractivity contribution >= 4 is 5.97 Å². The van der Waals surface area contributed by atoms with Crippen LogP contribution in [-0.4, -0.2) is 12.6 Å². The van der Waals surface area contributed by atoms with Crippen LogP contribution in [0.3, 0.4) is 0 Å². The predicted octanol–water partition coefficient (Wildman–Crippen LogP) is 3.22. The summed E-state index contributed by atoms with van der Waals surface area (Å²) in [5.41, 5.74) is 0.569. The maximum Gasteiger partial charge on any atom is 0.338 e. The van der Waals surface area contributed by atoms with E-state index < -0.39 is 0 Å². The van der Waals surface area contributed by atoms with Crippen LogP contribution < -0.4 is 0 Å². The van der Waals surface area contributed by atoms with E-state index in [1.165, 1.54) is 0 Å². The summed E-state index contributed by atoms with van der Waals surface area (Å²) in [5, 5.41) is 0. The lowest BCUT2D eigenvalue weighted by Crippen LogP contribution is -2.04. The second-order valence-electron chi connectivity index (χ2n) is 2.66. The van der Waals surface area contributed by atoms with Crippen molar-refractivity contribution in [3.05, 3.63) is 61.2 Å². The molecule has 0 amide bonds. The maximum absolute atomic E-state index is 11.1. The summed E-state index contributed by atoms with van der Waals surface area (Å²) < 4.78 is 4.82. The first-order valence-electron chi connectivity index (χ1n) is 4.66. The van der Waals surface area contributed by atoms with Gasteiger partial charge in [0.05, 0.1) is 5.56 Å². The first kappa shape index (κ1) is 13.2. The van der Waals surface area contributed by atoms with Crippen molar-refractivity contribution in [1.82, 2.24) is 0 Å². The Balaban J connectivity index is 0.000000583. The first-order valence-corrected chi connectivity index (χ1v) is 4.66. The van der Waals surface area contributed by atoms with Crippen LogP contribution in [0.15, 0.2) is 55.6 Å². The molecule has 2 heteroatoms. The Morgan fingerprint density at radius 2 is 1.87 bits per heavy atom. The normalized spacial score (nSPS) is 8.07. The van der Waals surface area contributed by atoms with Crippen LogP contribution in [0.1, 0.15) is 17.3 Å². The number of rotatable bonds is 3. The molecule has 1 aromatic rings. The van der Waals surface area contributed by atoms with Gasteiger partial charge in [-0.05, 0) is 19.1 Å². The van der Waals surface area contributed by atoms with Crippen LogP contribution in [0.25, 0.3) is 0 Å². The third-order valence-electron chi connectivity index (χ3n) is 1.34. The van der Waals surface area contributed by atoms with E-state index in [1.54, 1.807) is 36.4 Å². The number of ether oxygens (including phenoxy) is 1. The number of allylic oxidation sites excluding steroid dienone is 1. The minimum atomic E-state index is -0.310. The highest BCUT2D eigenvalue weighted by molar-refractivity contribution is 5.89. The molecule has 0 atom stereocenters. The molecule has 2 nitrogen and oxygen atoms in total. The Kier molecular flexibility index (Phi) is 7.69. The predicted molar refractivity (Wildman–Crippen MR) is 62.8 cm³/mol. The number of carbonyl (C=O) groups is 1. The van der Waals surface area contributed by atoms with Gasteiger partial charge in [-0.2, -0.15) is 0 Å². The van der Waals surface area contributed by atoms with Gasteiger partial charge in [-0.3, -0.25) is 0 Å². The summed E-state index contributed by atoms with van der Waals surface area (Å²) >= 11 is 0. The molecular formula is C13H16O2. The zero-order chi connectivity index (χ0) is 11.5. The second kappa shape index (κ2) is 8.75. The van der Waals surface area contributed by atoms with Gasteiger partial charge in [0.25, 0.3) is 0 Å². The molecule has 1 rings (SSSR count). The number of benzene rings is 1. The van der Waals surface area contributed by atoms with E-state index in [2.05, 4.69) is 13.2 Å². The fourth-order valence-corrected chi connectivity index (χ4v) is 0.792. The third-order valence-corrected chi connectivity index (χ3v) is 1.34. The van der Waals surface area contributed by atoms with E-state index in [0.29, 0.717) is 5.56 Å². The summed E-state index contributed by atoms with van der Waals surface area (Å²) in [7, 11) is 0. The Morgan fingerprint density at radius 3 is 2.33 bits per heavy atom. The smallest absolute Gasteiger partial charge is 0.338 e. The molecule has 80 valence electrons. The van der Waals surface area contributed by atoms with Crippen molar-refractivity contribution < 1.29 is 9.53 Å². The van der Waals surface area contributed by atoms with Crippen LogP contribution in [0, 0.1) is 0 Å². The van der Waals surface area contributed by atoms with Crippen molar-refractivity contribution in [1.29, 1.82) is 0 Å². The average molecular weight is 204 g/mol. The molecular weight excluding hydrogens is 188 g/mol. The molecule has 15 heavy (non-hydrogen) atoms. The molecule has 1 aromatic carbocycles. The summed E-state index contributed by atoms with van der Waals surface area (Å²) in [6.45, 7) is 8.96. The Morgan fingerprint density at radius 1 is 1.33 bits per heavy atom. The number of hydrogen-bond donors (Lipinski definition) is 0. The number of carbonyl (C=O) groups excluding carboxylic acids is 1. The van der Waals surface area contributed by atoms with E-state index in [-0.39, 0.29) is 12.6 Å². The van der Waals surface area contributed by atoms with Gasteiger partial charge in [0.15, 0.2) is 0 Å². The van der Waals surface area contributed by atoms with Crippen molar-refractivity contribution in [3.8, 4) is 0 Å². The lowest BCUT2D eigenvalue weighted by atomic mass is 10.2. The van der Waals surface area contributed by atoms with Gasteiger partial charge in [-0.15, -0.1) is 6.58 Å². The highest BCUT2D eigenvalue weighted by atomic mass is 16.5. The summed E-state index contributed by atoms with van der Waals surface area (Å²) in [6.07, 6.45) is 3.29. The molecule has 0 spiro atoms. The summed E-state index contributed by atoms with van der Waals surface area (Å²) in [5.74, 6) is -0.310. The minimum absolute atomic E-state index is 0.258. The van der Waals surface area contributed by atoms with Gasteiger partial charge in [0.1, 0.15) is 6.61 Å². The van der Waals surface area contributed by atoms with Crippen LogP contribution in [0.5, 0.6) is 0 Å². The van der Waals surface area contributed by atoms with Crippen LogP contribution in [0.4, 0.5) is 0 Å². The molecule has 0 bridgehead atoms. The van der Waals surface area contributed by atoms with Gasteiger partial charge in [0.2, 0.25) is 0 Å². The Bertz CT molecular complexity index is 302. The molecule has 0 unspecified atom stereocenters. The van der Waals surface area contributed by atoms with Crippen molar-refractivity contribution in [2.24, 2.45) is 0 Å². The van der Waals surface area contributed by atoms with Crippen LogP contribution >= 0.6 is 0 Å². The van der Waals surface area contributed by atoms with E-state index in [4.69, 9.17) is 4.74 Å². The average Bonchev–Trinajstić information content (AvgIpc) is 2.28. The quantitative estimate of drug-likeness (QED) is 0.558. The van der Waals surface area contributed by atoms with Crippen molar-refractivity contribution in [2.45, 2.75) is 6.92 Å². The zero-order valence-corrected chi connectivity index (χ0v) is 8.98. The molecule has 0 aliphatic rings. The van der Waals surface area contributed by atoms with Crippen molar-refractivity contribution in [2.75, 3.05) is 6.61 Å². The molecule has 0 radical (unpaired) electrons. The summed E-state index contributed by atoms with van der Waals surface area (Å²) in [4.78, 5) is 11.1. The van der Waals surface area contributed by atoms with Crippen molar-refractivity contribution in [3.63, 3.8) is 0 Å². The zero-order valence-electron chi connectivity index (χ0n) is 8.98. The van der Waals surface area contributed by atoms with Gasteiger partial charge in [-0.25, -0.2) is 4.79 Å². The Hall–Kier alpha value is -1.83. The van der Waals surface area contributed by atoms with Gasteiger partial charge in [-0.1, -0.05) is 36.9 Å². The Labute approximate surface area is 90.9 Å². The van der Waals surface area contributed by atoms with Gasteiger partial charge < -0.3 is 4.74 Å². The molecule has 0 aromatic heterocycles. The number of esters is 1. The fraction of sp³-hybridized carbons (Fsp3) is 0.154. The SMILES string of the molecule is C=CC.C=CCOC(=O)c1ccccc1. The lowest BCUT2D eigenvalue weighted by molar-refractivity contribution is 0.0550. The van der Waals surface area contributed by atoms with Gasteiger partial charge >= 0.3 is 5.97 Å². The topological polar surface area (TPSA) is 26.3 Å². The van der Waals surface area contributed by atoms with Crippen LogP contribution in [0.2, 0.25) is 0 Å². The number of hydrogen-bond acceptors (Lipinski definition) is 2. The van der Waals surface area contributed by atoms with E-state index >= 15 is 0 Å². The molecule has 0 saturated heterocycles. The molecule has 0 N–H and O–H groups in total. The molecule has 0 heterocycles. The fourth-order valence-electron chi connectivity index (χ4n) is 0.792. The lowest BCUT2D eigenvalue weighted by Gasteiger charge is -1.99. The minimum Gasteiger partial charge on any atom is -0.458 e. The monoisotopic (exact) mass is 204 g/mol. The highest BCUT2D eigenvalue weighted by Gasteiger charge is 2.02. The van der Waals surface area contributed by atoms with Gasteiger partial charge in [0, 0.05) is 0 Å². The van der Waals surface area contributed by atoms with E-state index in [9.17, 15) is 4.79 Å². The molecule has 0 aliphatic heterocycles. The highest BCUT2D eigenvalue weighted by Crippen LogP contribution is 2.00. The van der Waals surface area contributed by atoms with E-state index in [0.717, 1.165) is 0 Å². The maximum atomic E-state index is 11.1. The second-order valence-corrected chi connectivity index (χ2v) is 2.66. The molecule has 0 fully saturated rings. The summed E-state index contributed by atoms with van der Waals surface area (Å²) in [6, 6.07) is 8.87.